The molecule has 0 unspecified atom stereocenters. The predicted molar refractivity (Wildman–Crippen MR) is 81.5 cm³/mol. The number of esters is 1. The molecule has 1 aromatic heterocycles. The number of benzene rings is 2. The smallest absolute Gasteiger partial charge is 0.337 e. The molecule has 5 nitrogen and oxygen atoms in total. The van der Waals surface area contributed by atoms with Crippen LogP contribution >= 0.6 is 11.6 Å². The van der Waals surface area contributed by atoms with E-state index in [0.29, 0.717) is 33.4 Å². The van der Waals surface area contributed by atoms with E-state index in [2.05, 4.69) is 14.9 Å². The average molecular weight is 315 g/mol. The Morgan fingerprint density at radius 3 is 2.55 bits per heavy atom. The summed E-state index contributed by atoms with van der Waals surface area (Å²) < 4.78 is 9.90. The number of methoxy groups -OCH3 is 1. The molecule has 6 heteroatoms. The molecule has 1 heterocycles. The molecule has 0 aliphatic carbocycles. The number of carbonyl (C=O) groups excluding carboxylic acids is 1. The van der Waals surface area contributed by atoms with Crippen molar-refractivity contribution in [2.45, 2.75) is 0 Å². The SMILES string of the molecule is COC(=O)c1ccc(-c2nc(-c3ccccc3Cl)no2)cc1. The van der Waals surface area contributed by atoms with Gasteiger partial charge in [0.2, 0.25) is 5.82 Å². The topological polar surface area (TPSA) is 65.2 Å². The number of halogens is 1. The first-order chi connectivity index (χ1) is 10.7. The Bertz CT molecular complexity index is 812. The van der Waals surface area contributed by atoms with Crippen LogP contribution in [-0.4, -0.2) is 23.2 Å². The third-order valence-corrected chi connectivity index (χ3v) is 3.42. The quantitative estimate of drug-likeness (QED) is 0.687. The third kappa shape index (κ3) is 2.71. The second kappa shape index (κ2) is 5.99. The zero-order valence-electron chi connectivity index (χ0n) is 11.6. The second-order valence-electron chi connectivity index (χ2n) is 4.47. The summed E-state index contributed by atoms with van der Waals surface area (Å²) >= 11 is 6.11. The summed E-state index contributed by atoms with van der Waals surface area (Å²) in [6, 6.07) is 14.0. The average Bonchev–Trinajstić information content (AvgIpc) is 3.04. The minimum atomic E-state index is -0.395. The van der Waals surface area contributed by atoms with Gasteiger partial charge >= 0.3 is 5.97 Å². The Labute approximate surface area is 131 Å². The Morgan fingerprint density at radius 2 is 1.86 bits per heavy atom. The maximum absolute atomic E-state index is 11.4. The van der Waals surface area contributed by atoms with Crippen molar-refractivity contribution in [3.05, 3.63) is 59.1 Å². The van der Waals surface area contributed by atoms with Gasteiger partial charge in [-0.1, -0.05) is 28.9 Å². The molecule has 22 heavy (non-hydrogen) atoms. The van der Waals surface area contributed by atoms with Crippen LogP contribution in [0.25, 0.3) is 22.8 Å². The minimum Gasteiger partial charge on any atom is -0.465 e. The highest BCUT2D eigenvalue weighted by Crippen LogP contribution is 2.27. The van der Waals surface area contributed by atoms with Gasteiger partial charge in [-0.15, -0.1) is 0 Å². The third-order valence-electron chi connectivity index (χ3n) is 3.09. The van der Waals surface area contributed by atoms with E-state index in [4.69, 9.17) is 16.1 Å². The van der Waals surface area contributed by atoms with Crippen LogP contribution in [0.1, 0.15) is 10.4 Å². The summed E-state index contributed by atoms with van der Waals surface area (Å²) in [5.74, 6) is 0.373. The molecular formula is C16H11ClN2O3. The molecule has 0 aliphatic rings. The van der Waals surface area contributed by atoms with Gasteiger partial charge in [0, 0.05) is 11.1 Å². The highest BCUT2D eigenvalue weighted by atomic mass is 35.5. The molecule has 110 valence electrons. The molecule has 0 atom stereocenters. The number of aromatic nitrogens is 2. The van der Waals surface area contributed by atoms with Gasteiger partial charge in [0.15, 0.2) is 0 Å². The molecule has 0 saturated heterocycles. The summed E-state index contributed by atoms with van der Waals surface area (Å²) in [6.07, 6.45) is 0. The van der Waals surface area contributed by atoms with Crippen molar-refractivity contribution in [1.82, 2.24) is 10.1 Å². The van der Waals surface area contributed by atoms with E-state index < -0.39 is 5.97 Å². The molecule has 0 amide bonds. The Hall–Kier alpha value is -2.66. The zero-order valence-corrected chi connectivity index (χ0v) is 12.4. The largest absolute Gasteiger partial charge is 0.465 e. The van der Waals surface area contributed by atoms with Crippen LogP contribution in [0.5, 0.6) is 0 Å². The number of nitrogens with zero attached hydrogens (tertiary/aromatic N) is 2. The number of carbonyl (C=O) groups is 1. The highest BCUT2D eigenvalue weighted by molar-refractivity contribution is 6.33. The maximum atomic E-state index is 11.4. The summed E-state index contributed by atoms with van der Waals surface area (Å²) in [4.78, 5) is 15.7. The van der Waals surface area contributed by atoms with Gasteiger partial charge in [0.1, 0.15) is 0 Å². The maximum Gasteiger partial charge on any atom is 0.337 e. The molecule has 0 radical (unpaired) electrons. The normalized spacial score (nSPS) is 10.5. The Morgan fingerprint density at radius 1 is 1.14 bits per heavy atom. The predicted octanol–water partition coefficient (Wildman–Crippen LogP) is 3.84. The van der Waals surface area contributed by atoms with Gasteiger partial charge in [-0.05, 0) is 36.4 Å². The second-order valence-corrected chi connectivity index (χ2v) is 4.88. The van der Waals surface area contributed by atoms with E-state index in [1.807, 2.05) is 18.2 Å². The van der Waals surface area contributed by atoms with Crippen LogP contribution in [0.2, 0.25) is 5.02 Å². The van der Waals surface area contributed by atoms with Crippen LogP contribution in [0, 0.1) is 0 Å². The van der Waals surface area contributed by atoms with Crippen molar-refractivity contribution in [3.8, 4) is 22.8 Å². The number of rotatable bonds is 3. The van der Waals surface area contributed by atoms with Crippen molar-refractivity contribution in [3.63, 3.8) is 0 Å². The van der Waals surface area contributed by atoms with Gasteiger partial charge in [-0.25, -0.2) is 4.79 Å². The summed E-state index contributed by atoms with van der Waals surface area (Å²) in [6.45, 7) is 0. The number of ether oxygens (including phenoxy) is 1. The standard InChI is InChI=1S/C16H11ClN2O3/c1-21-16(20)11-8-6-10(7-9-11)15-18-14(19-22-15)12-4-2-3-5-13(12)17/h2-9H,1H3. The molecule has 0 fully saturated rings. The van der Waals surface area contributed by atoms with Crippen LogP contribution < -0.4 is 0 Å². The van der Waals surface area contributed by atoms with Crippen LogP contribution in [0.15, 0.2) is 53.1 Å². The highest BCUT2D eigenvalue weighted by Gasteiger charge is 2.13. The minimum absolute atomic E-state index is 0.353. The van der Waals surface area contributed by atoms with Crippen LogP contribution in [0.4, 0.5) is 0 Å². The van der Waals surface area contributed by atoms with E-state index in [9.17, 15) is 4.79 Å². The lowest BCUT2D eigenvalue weighted by molar-refractivity contribution is 0.0601. The van der Waals surface area contributed by atoms with Crippen molar-refractivity contribution >= 4 is 17.6 Å². The fourth-order valence-corrected chi connectivity index (χ4v) is 2.18. The van der Waals surface area contributed by atoms with Gasteiger partial charge in [-0.3, -0.25) is 0 Å². The first-order valence-corrected chi connectivity index (χ1v) is 6.84. The van der Waals surface area contributed by atoms with E-state index in [0.717, 1.165) is 0 Å². The first-order valence-electron chi connectivity index (χ1n) is 6.46. The summed E-state index contributed by atoms with van der Waals surface area (Å²) in [5.41, 5.74) is 1.86. The van der Waals surface area contributed by atoms with Crippen LogP contribution in [-0.2, 0) is 4.74 Å². The molecule has 2 aromatic carbocycles. The summed E-state index contributed by atoms with van der Waals surface area (Å²) in [7, 11) is 1.34. The molecule has 0 spiro atoms. The molecule has 3 aromatic rings. The van der Waals surface area contributed by atoms with Crippen molar-refractivity contribution in [2.75, 3.05) is 7.11 Å². The molecular weight excluding hydrogens is 304 g/mol. The van der Waals surface area contributed by atoms with Crippen molar-refractivity contribution in [2.24, 2.45) is 0 Å². The molecule has 0 bridgehead atoms. The van der Waals surface area contributed by atoms with Gasteiger partial charge in [0.05, 0.1) is 17.7 Å². The Kier molecular flexibility index (Phi) is 3.89. The lowest BCUT2D eigenvalue weighted by Gasteiger charge is -1.99. The van der Waals surface area contributed by atoms with E-state index >= 15 is 0 Å². The van der Waals surface area contributed by atoms with Crippen LogP contribution in [0.3, 0.4) is 0 Å². The lowest BCUT2D eigenvalue weighted by Crippen LogP contribution is -2.00. The van der Waals surface area contributed by atoms with Gasteiger partial charge in [-0.2, -0.15) is 4.98 Å². The lowest BCUT2D eigenvalue weighted by atomic mass is 10.1. The number of hydrogen-bond acceptors (Lipinski definition) is 5. The van der Waals surface area contributed by atoms with Gasteiger partial charge < -0.3 is 9.26 Å². The van der Waals surface area contributed by atoms with Crippen molar-refractivity contribution in [1.29, 1.82) is 0 Å². The van der Waals surface area contributed by atoms with E-state index in [1.54, 1.807) is 30.3 Å². The molecule has 0 saturated carbocycles. The van der Waals surface area contributed by atoms with Crippen molar-refractivity contribution < 1.29 is 14.1 Å². The number of hydrogen-bond donors (Lipinski definition) is 0. The van der Waals surface area contributed by atoms with E-state index in [-0.39, 0.29) is 0 Å². The fraction of sp³-hybridized carbons (Fsp3) is 0.0625. The monoisotopic (exact) mass is 314 g/mol. The molecule has 0 aliphatic heterocycles. The van der Waals surface area contributed by atoms with Gasteiger partial charge in [0.25, 0.3) is 5.89 Å². The fourth-order valence-electron chi connectivity index (χ4n) is 1.96. The molecule has 3 rings (SSSR count). The molecule has 0 N–H and O–H groups in total. The van der Waals surface area contributed by atoms with E-state index in [1.165, 1.54) is 7.11 Å². The zero-order chi connectivity index (χ0) is 15.5. The first kappa shape index (κ1) is 14.3. The Balaban J connectivity index is 1.91. The summed E-state index contributed by atoms with van der Waals surface area (Å²) in [5, 5.41) is 4.49.